The minimum Gasteiger partial charge on any atom is -0.294 e. The summed E-state index contributed by atoms with van der Waals surface area (Å²) in [7, 11) is 0. The zero-order valence-corrected chi connectivity index (χ0v) is 22.9. The second kappa shape index (κ2) is 7.12. The average Bonchev–Trinajstić information content (AvgIpc) is 2.65. The number of carbonyl (C=O) groups excluding carboxylic acids is 3. The monoisotopic (exact) mass is 460 g/mol. The van der Waals surface area contributed by atoms with Gasteiger partial charge in [-0.3, -0.25) is 14.4 Å². The third kappa shape index (κ3) is 2.98. The van der Waals surface area contributed by atoms with E-state index in [9.17, 15) is 14.4 Å². The van der Waals surface area contributed by atoms with Crippen molar-refractivity contribution in [1.82, 2.24) is 0 Å². The standard InChI is InChI=1S/C31H40O3/c1-16-12-22(28(6,7)8)18(3)24-21(16)14-29(9)15-30(10)13-17(2)23(20(5)32)27(34)31(30,11)19(4)25(29)26(24)33/h12H,13-15H2,1-11H3/t29-,30+,31+/m0/s1. The molecule has 0 fully saturated rings. The normalized spacial score (nSPS) is 31.4. The zero-order valence-electron chi connectivity index (χ0n) is 22.9. The van der Waals surface area contributed by atoms with Gasteiger partial charge in [-0.25, -0.2) is 0 Å². The van der Waals surface area contributed by atoms with Crippen LogP contribution in [-0.4, -0.2) is 17.3 Å². The summed E-state index contributed by atoms with van der Waals surface area (Å²) in [5, 5.41) is 0. The first-order valence-corrected chi connectivity index (χ1v) is 12.6. The topological polar surface area (TPSA) is 51.2 Å². The van der Waals surface area contributed by atoms with Crippen LogP contribution in [0.15, 0.2) is 28.4 Å². The predicted molar refractivity (Wildman–Crippen MR) is 137 cm³/mol. The molecule has 3 atom stereocenters. The lowest BCUT2D eigenvalue weighted by Crippen LogP contribution is -2.57. The third-order valence-electron chi connectivity index (χ3n) is 9.58. The first-order chi connectivity index (χ1) is 15.4. The molecule has 0 aromatic heterocycles. The second-order valence-corrected chi connectivity index (χ2v) is 13.1. The Bertz CT molecular complexity index is 1250. The zero-order chi connectivity index (χ0) is 25.8. The summed E-state index contributed by atoms with van der Waals surface area (Å²) in [6.45, 7) is 22.6. The Balaban J connectivity index is 2.04. The minimum absolute atomic E-state index is 0.0660. The highest BCUT2D eigenvalue weighted by molar-refractivity contribution is 6.24. The molecule has 182 valence electrons. The van der Waals surface area contributed by atoms with Gasteiger partial charge in [0.05, 0.1) is 11.0 Å². The van der Waals surface area contributed by atoms with Crippen molar-refractivity contribution in [2.45, 2.75) is 101 Å². The molecule has 34 heavy (non-hydrogen) atoms. The van der Waals surface area contributed by atoms with Crippen LogP contribution < -0.4 is 0 Å². The van der Waals surface area contributed by atoms with E-state index >= 15 is 0 Å². The fraction of sp³-hybridized carbons (Fsp3) is 0.581. The van der Waals surface area contributed by atoms with Crippen molar-refractivity contribution in [2.75, 3.05) is 0 Å². The van der Waals surface area contributed by atoms with Crippen LogP contribution in [0.3, 0.4) is 0 Å². The fourth-order valence-electron chi connectivity index (χ4n) is 7.94. The summed E-state index contributed by atoms with van der Waals surface area (Å²) in [6.07, 6.45) is 2.26. The summed E-state index contributed by atoms with van der Waals surface area (Å²) in [5.41, 5.74) is 6.76. The van der Waals surface area contributed by atoms with Crippen molar-refractivity contribution < 1.29 is 14.4 Å². The van der Waals surface area contributed by atoms with Gasteiger partial charge in [0, 0.05) is 16.6 Å². The highest BCUT2D eigenvalue weighted by Gasteiger charge is 2.63. The molecule has 1 aromatic carbocycles. The number of fused-ring (bicyclic) bond motifs is 3. The maximum absolute atomic E-state index is 14.4. The molecule has 0 heterocycles. The van der Waals surface area contributed by atoms with Gasteiger partial charge in [0.1, 0.15) is 0 Å². The van der Waals surface area contributed by atoms with Crippen LogP contribution in [0, 0.1) is 30.1 Å². The van der Waals surface area contributed by atoms with Crippen molar-refractivity contribution in [2.24, 2.45) is 16.2 Å². The molecule has 0 bridgehead atoms. The quantitative estimate of drug-likeness (QED) is 0.426. The number of aryl methyl sites for hydroxylation is 1. The van der Waals surface area contributed by atoms with Crippen molar-refractivity contribution in [3.63, 3.8) is 0 Å². The molecule has 0 aliphatic heterocycles. The average molecular weight is 461 g/mol. The number of carbonyl (C=O) groups is 3. The first-order valence-electron chi connectivity index (χ1n) is 12.6. The van der Waals surface area contributed by atoms with E-state index < -0.39 is 5.41 Å². The van der Waals surface area contributed by atoms with E-state index in [1.807, 2.05) is 20.8 Å². The lowest BCUT2D eigenvalue weighted by atomic mass is 9.42. The number of rotatable bonds is 1. The molecule has 0 radical (unpaired) electrons. The molecule has 0 N–H and O–H groups in total. The molecule has 0 saturated carbocycles. The maximum Gasteiger partial charge on any atom is 0.190 e. The van der Waals surface area contributed by atoms with Crippen molar-refractivity contribution >= 4 is 17.3 Å². The Morgan fingerprint density at radius 3 is 2.09 bits per heavy atom. The van der Waals surface area contributed by atoms with Crippen LogP contribution in [0.1, 0.15) is 108 Å². The molecule has 1 aromatic rings. The van der Waals surface area contributed by atoms with Crippen molar-refractivity contribution in [1.29, 1.82) is 0 Å². The van der Waals surface area contributed by atoms with E-state index in [-0.39, 0.29) is 33.6 Å². The van der Waals surface area contributed by atoms with Crippen molar-refractivity contribution in [3.05, 3.63) is 56.2 Å². The SMILES string of the molecule is CC(=O)C1=C(C)C[C@]2(C)C[C@]3(C)Cc4c(C)cc(C(C)(C)C)c(C)c4C(=O)C3=C(C)[C@]2(C)C1=O. The predicted octanol–water partition coefficient (Wildman–Crippen LogP) is 6.96. The number of hydrogen-bond donors (Lipinski definition) is 0. The van der Waals surface area contributed by atoms with Gasteiger partial charge in [-0.1, -0.05) is 51.8 Å². The Labute approximate surface area is 205 Å². The minimum atomic E-state index is -0.861. The van der Waals surface area contributed by atoms with Crippen LogP contribution in [0.5, 0.6) is 0 Å². The van der Waals surface area contributed by atoms with Crippen LogP contribution in [0.25, 0.3) is 0 Å². The van der Waals surface area contributed by atoms with E-state index in [4.69, 9.17) is 0 Å². The molecular weight excluding hydrogens is 420 g/mol. The molecule has 3 aliphatic rings. The Morgan fingerprint density at radius 2 is 1.56 bits per heavy atom. The number of ketones is 3. The van der Waals surface area contributed by atoms with Crippen LogP contribution >= 0.6 is 0 Å². The summed E-state index contributed by atoms with van der Waals surface area (Å²) in [5.74, 6) is -0.188. The van der Waals surface area contributed by atoms with E-state index in [1.165, 1.54) is 23.6 Å². The molecule has 3 aliphatic carbocycles. The number of hydrogen-bond acceptors (Lipinski definition) is 3. The highest BCUT2D eigenvalue weighted by Crippen LogP contribution is 2.66. The van der Waals surface area contributed by atoms with Crippen LogP contribution in [0.4, 0.5) is 0 Å². The van der Waals surface area contributed by atoms with Gasteiger partial charge in [-0.2, -0.15) is 0 Å². The van der Waals surface area contributed by atoms with Crippen LogP contribution in [-0.2, 0) is 21.4 Å². The number of benzene rings is 1. The lowest BCUT2D eigenvalue weighted by molar-refractivity contribution is -0.134. The van der Waals surface area contributed by atoms with Gasteiger partial charge in [-0.05, 0) is 93.9 Å². The summed E-state index contributed by atoms with van der Waals surface area (Å²) >= 11 is 0. The van der Waals surface area contributed by atoms with Crippen molar-refractivity contribution in [3.8, 4) is 0 Å². The number of Topliss-reactive ketones (excluding diaryl/α,β-unsaturated/α-hetero) is 3. The molecule has 3 nitrogen and oxygen atoms in total. The fourth-order valence-corrected chi connectivity index (χ4v) is 7.94. The third-order valence-corrected chi connectivity index (χ3v) is 9.58. The molecule has 0 unspecified atom stereocenters. The molecule has 0 amide bonds. The van der Waals surface area contributed by atoms with Crippen LogP contribution in [0.2, 0.25) is 0 Å². The molecule has 0 saturated heterocycles. The molecular formula is C31H40O3. The maximum atomic E-state index is 14.4. The Kier molecular flexibility index (Phi) is 5.20. The highest BCUT2D eigenvalue weighted by atomic mass is 16.2. The second-order valence-electron chi connectivity index (χ2n) is 13.1. The van der Waals surface area contributed by atoms with Gasteiger partial charge in [-0.15, -0.1) is 0 Å². The smallest absolute Gasteiger partial charge is 0.190 e. The first kappa shape index (κ1) is 24.8. The van der Waals surface area contributed by atoms with Gasteiger partial charge in [0.2, 0.25) is 0 Å². The Morgan fingerprint density at radius 1 is 0.971 bits per heavy atom. The lowest BCUT2D eigenvalue weighted by Gasteiger charge is -2.59. The molecule has 3 heteroatoms. The van der Waals surface area contributed by atoms with Gasteiger partial charge in [0.15, 0.2) is 17.3 Å². The molecule has 4 rings (SSSR count). The summed E-state index contributed by atoms with van der Waals surface area (Å²) in [6, 6.07) is 2.27. The van der Waals surface area contributed by atoms with E-state index in [2.05, 4.69) is 54.5 Å². The van der Waals surface area contributed by atoms with E-state index in [0.717, 1.165) is 40.7 Å². The van der Waals surface area contributed by atoms with Gasteiger partial charge in [0.25, 0.3) is 0 Å². The van der Waals surface area contributed by atoms with Gasteiger partial charge >= 0.3 is 0 Å². The summed E-state index contributed by atoms with van der Waals surface area (Å²) < 4.78 is 0. The van der Waals surface area contributed by atoms with E-state index in [1.54, 1.807) is 0 Å². The van der Waals surface area contributed by atoms with Gasteiger partial charge < -0.3 is 0 Å². The Hall–Kier alpha value is -2.29. The summed E-state index contributed by atoms with van der Waals surface area (Å²) in [4.78, 5) is 40.8. The number of allylic oxidation sites excluding steroid dienone is 4. The largest absolute Gasteiger partial charge is 0.294 e. The van der Waals surface area contributed by atoms with E-state index in [0.29, 0.717) is 12.0 Å². The molecule has 0 spiro atoms.